The number of methoxy groups -OCH3 is 1. The molecule has 2 rings (SSSR count). The summed E-state index contributed by atoms with van der Waals surface area (Å²) in [6.07, 6.45) is -1.64. The number of para-hydroxylation sites is 2. The van der Waals surface area contributed by atoms with Crippen LogP contribution in [0.2, 0.25) is 0 Å². The molecule has 25 heavy (non-hydrogen) atoms. The number of phenols is 2. The van der Waals surface area contributed by atoms with E-state index in [4.69, 9.17) is 9.47 Å². The smallest absolute Gasteiger partial charge is 0.379 e. The van der Waals surface area contributed by atoms with Crippen LogP contribution in [0.5, 0.6) is 23.0 Å². The Balaban J connectivity index is 1.77. The summed E-state index contributed by atoms with van der Waals surface area (Å²) in [5.74, 6) is -0.375. The lowest BCUT2D eigenvalue weighted by atomic mass is 10.1. The van der Waals surface area contributed by atoms with E-state index in [2.05, 4.69) is 9.78 Å². The van der Waals surface area contributed by atoms with Crippen LogP contribution in [0, 0.1) is 0 Å². The van der Waals surface area contributed by atoms with Crippen molar-refractivity contribution in [2.24, 2.45) is 0 Å². The van der Waals surface area contributed by atoms with Crippen molar-refractivity contribution in [3.05, 3.63) is 48.0 Å². The lowest BCUT2D eigenvalue weighted by Gasteiger charge is -2.12. The van der Waals surface area contributed by atoms with Crippen molar-refractivity contribution in [2.75, 3.05) is 13.7 Å². The number of benzene rings is 2. The highest BCUT2D eigenvalue weighted by atomic mass is 17.2. The van der Waals surface area contributed by atoms with Crippen molar-refractivity contribution in [3.63, 3.8) is 0 Å². The standard InChI is InChI=1S/C17H18O8/c1-22-14-4-2-3-5-15(14)23-10-17(21)25-24-16(20)8-11-6-7-12(18)9-13(11)19/h2-7,9,16,18-20H,8,10H2,1H3/t16-/m0/s1. The Hall–Kier alpha value is -2.97. The van der Waals surface area contributed by atoms with Crippen molar-refractivity contribution in [1.82, 2.24) is 0 Å². The third-order valence-electron chi connectivity index (χ3n) is 3.13. The van der Waals surface area contributed by atoms with Gasteiger partial charge in [0.1, 0.15) is 11.5 Å². The SMILES string of the molecule is COc1ccccc1OCC(=O)OO[C@H](O)Cc1ccc(O)cc1O. The zero-order valence-electron chi connectivity index (χ0n) is 13.4. The molecule has 0 aliphatic rings. The second-order valence-corrected chi connectivity index (χ2v) is 4.96. The molecule has 0 spiro atoms. The van der Waals surface area contributed by atoms with Gasteiger partial charge in [0, 0.05) is 12.5 Å². The number of carbonyl (C=O) groups excluding carboxylic acids is 1. The number of hydrogen-bond acceptors (Lipinski definition) is 8. The largest absolute Gasteiger partial charge is 0.508 e. The zero-order valence-corrected chi connectivity index (χ0v) is 13.4. The van der Waals surface area contributed by atoms with Gasteiger partial charge in [-0.1, -0.05) is 18.2 Å². The van der Waals surface area contributed by atoms with Gasteiger partial charge in [-0.2, -0.15) is 4.89 Å². The van der Waals surface area contributed by atoms with Crippen molar-refractivity contribution in [2.45, 2.75) is 12.7 Å². The minimum atomic E-state index is -1.49. The fourth-order valence-electron chi connectivity index (χ4n) is 1.95. The molecule has 2 aromatic carbocycles. The first-order valence-corrected chi connectivity index (χ1v) is 7.30. The molecule has 134 valence electrons. The van der Waals surface area contributed by atoms with Crippen LogP contribution in [0.1, 0.15) is 5.56 Å². The van der Waals surface area contributed by atoms with Gasteiger partial charge in [-0.05, 0) is 23.8 Å². The van der Waals surface area contributed by atoms with Crippen molar-refractivity contribution >= 4 is 5.97 Å². The molecular formula is C17H18O8. The maximum atomic E-state index is 11.6. The van der Waals surface area contributed by atoms with Gasteiger partial charge in [-0.3, -0.25) is 4.89 Å². The minimum Gasteiger partial charge on any atom is -0.508 e. The molecule has 0 saturated carbocycles. The second kappa shape index (κ2) is 8.76. The van der Waals surface area contributed by atoms with Crippen molar-refractivity contribution in [1.29, 1.82) is 0 Å². The fourth-order valence-corrected chi connectivity index (χ4v) is 1.95. The predicted molar refractivity (Wildman–Crippen MR) is 85.1 cm³/mol. The Kier molecular flexibility index (Phi) is 6.44. The summed E-state index contributed by atoms with van der Waals surface area (Å²) in [4.78, 5) is 20.6. The van der Waals surface area contributed by atoms with Crippen molar-refractivity contribution < 1.29 is 39.4 Å². The molecule has 8 nitrogen and oxygen atoms in total. The summed E-state index contributed by atoms with van der Waals surface area (Å²) < 4.78 is 10.3. The second-order valence-electron chi connectivity index (χ2n) is 4.96. The van der Waals surface area contributed by atoms with E-state index in [0.717, 1.165) is 6.07 Å². The normalized spacial score (nSPS) is 11.6. The highest BCUT2D eigenvalue weighted by Gasteiger charge is 2.15. The minimum absolute atomic E-state index is 0.114. The molecule has 0 amide bonds. The van der Waals surface area contributed by atoms with Gasteiger partial charge in [0.15, 0.2) is 18.1 Å². The first-order valence-electron chi connectivity index (χ1n) is 7.30. The molecule has 0 aromatic heterocycles. The van der Waals surface area contributed by atoms with Gasteiger partial charge in [0.25, 0.3) is 0 Å². The number of rotatable bonds is 8. The lowest BCUT2D eigenvalue weighted by Crippen LogP contribution is -2.22. The highest BCUT2D eigenvalue weighted by molar-refractivity contribution is 5.70. The quantitative estimate of drug-likeness (QED) is 0.373. The highest BCUT2D eigenvalue weighted by Crippen LogP contribution is 2.26. The molecule has 0 fully saturated rings. The van der Waals surface area contributed by atoms with Gasteiger partial charge in [-0.25, -0.2) is 4.79 Å². The Labute approximate surface area is 143 Å². The first-order chi connectivity index (χ1) is 12.0. The molecule has 0 saturated heterocycles. The van der Waals surface area contributed by atoms with Crippen LogP contribution < -0.4 is 9.47 Å². The molecule has 3 N–H and O–H groups in total. The van der Waals surface area contributed by atoms with E-state index in [1.807, 2.05) is 0 Å². The van der Waals surface area contributed by atoms with E-state index >= 15 is 0 Å². The molecular weight excluding hydrogens is 332 g/mol. The van der Waals surface area contributed by atoms with Gasteiger partial charge >= 0.3 is 5.97 Å². The Morgan fingerprint density at radius 3 is 2.52 bits per heavy atom. The fraction of sp³-hybridized carbons (Fsp3) is 0.235. The van der Waals surface area contributed by atoms with E-state index < -0.39 is 18.9 Å². The maximum absolute atomic E-state index is 11.6. The number of aliphatic hydroxyl groups excluding tert-OH is 1. The average Bonchev–Trinajstić information content (AvgIpc) is 2.60. The van der Waals surface area contributed by atoms with E-state index in [1.54, 1.807) is 24.3 Å². The molecule has 0 bridgehead atoms. The van der Waals surface area contributed by atoms with Crippen LogP contribution in [-0.4, -0.2) is 41.3 Å². The average molecular weight is 350 g/mol. The van der Waals surface area contributed by atoms with Crippen LogP contribution >= 0.6 is 0 Å². The van der Waals surface area contributed by atoms with Gasteiger partial charge in [0.2, 0.25) is 6.29 Å². The van der Waals surface area contributed by atoms with E-state index in [0.29, 0.717) is 17.1 Å². The number of aromatic hydroxyl groups is 2. The topological polar surface area (TPSA) is 115 Å². The lowest BCUT2D eigenvalue weighted by molar-refractivity contribution is -0.342. The van der Waals surface area contributed by atoms with Gasteiger partial charge in [-0.15, -0.1) is 0 Å². The number of phenolic OH excluding ortho intramolecular Hbond substituents is 2. The molecule has 0 aliphatic carbocycles. The Morgan fingerprint density at radius 2 is 1.84 bits per heavy atom. The van der Waals surface area contributed by atoms with E-state index in [-0.39, 0.29) is 17.9 Å². The summed E-state index contributed by atoms with van der Waals surface area (Å²) in [6, 6.07) is 10.6. The third-order valence-corrected chi connectivity index (χ3v) is 3.13. The van der Waals surface area contributed by atoms with E-state index in [1.165, 1.54) is 19.2 Å². The molecule has 2 aromatic rings. The Morgan fingerprint density at radius 1 is 1.12 bits per heavy atom. The van der Waals surface area contributed by atoms with Crippen LogP contribution in [0.25, 0.3) is 0 Å². The summed E-state index contributed by atoms with van der Waals surface area (Å²) in [7, 11) is 1.47. The zero-order chi connectivity index (χ0) is 18.2. The molecule has 8 heteroatoms. The first kappa shape index (κ1) is 18.4. The molecule has 0 radical (unpaired) electrons. The van der Waals surface area contributed by atoms with Crippen molar-refractivity contribution in [3.8, 4) is 23.0 Å². The van der Waals surface area contributed by atoms with E-state index in [9.17, 15) is 20.1 Å². The number of ether oxygens (including phenoxy) is 2. The number of hydrogen-bond donors (Lipinski definition) is 3. The number of aliphatic hydroxyl groups is 1. The van der Waals surface area contributed by atoms with Crippen LogP contribution in [0.15, 0.2) is 42.5 Å². The van der Waals surface area contributed by atoms with Gasteiger partial charge in [0.05, 0.1) is 7.11 Å². The summed E-state index contributed by atoms with van der Waals surface area (Å²) in [5.41, 5.74) is 0.312. The third kappa shape index (κ3) is 5.55. The number of carbonyl (C=O) groups is 1. The summed E-state index contributed by atoms with van der Waals surface area (Å²) in [6.45, 7) is -0.447. The molecule has 0 aliphatic heterocycles. The van der Waals surface area contributed by atoms with Gasteiger partial charge < -0.3 is 24.8 Å². The molecule has 0 heterocycles. The van der Waals surface area contributed by atoms with Crippen LogP contribution in [-0.2, 0) is 21.0 Å². The van der Waals surface area contributed by atoms with Crippen LogP contribution in [0.4, 0.5) is 0 Å². The predicted octanol–water partition coefficient (Wildman–Crippen LogP) is 1.52. The maximum Gasteiger partial charge on any atom is 0.379 e. The van der Waals surface area contributed by atoms with Crippen LogP contribution in [0.3, 0.4) is 0 Å². The molecule has 0 unspecified atom stereocenters. The molecule has 1 atom stereocenters. The Bertz CT molecular complexity index is 716. The summed E-state index contributed by atoms with van der Waals surface area (Å²) in [5, 5.41) is 28.5. The monoisotopic (exact) mass is 350 g/mol. The summed E-state index contributed by atoms with van der Waals surface area (Å²) >= 11 is 0.